The van der Waals surface area contributed by atoms with Gasteiger partial charge in [-0.15, -0.1) is 11.3 Å². The van der Waals surface area contributed by atoms with Gasteiger partial charge < -0.3 is 4.74 Å². The molecule has 0 aliphatic carbocycles. The predicted molar refractivity (Wildman–Crippen MR) is 73.4 cm³/mol. The van der Waals surface area contributed by atoms with Crippen LogP contribution in [0.15, 0.2) is 22.0 Å². The Morgan fingerprint density at radius 2 is 2.21 bits per heavy atom. The van der Waals surface area contributed by atoms with Gasteiger partial charge in [0.25, 0.3) is 0 Å². The number of rotatable bonds is 2. The summed E-state index contributed by atoms with van der Waals surface area (Å²) < 4.78 is 9.23. The average molecular weight is 383 g/mol. The Kier molecular flexibility index (Phi) is 3.34. The second kappa shape index (κ2) is 4.37. The first-order valence-corrected chi connectivity index (χ1v) is 6.91. The van der Waals surface area contributed by atoms with E-state index in [2.05, 4.69) is 56.7 Å². The largest absolute Gasteiger partial charge is 0.493 e. The first kappa shape index (κ1) is 10.7. The standard InChI is InChI=1S/C10H8BrIOS/c1-2-13-8-3-6(12)4-9-7(8)5-10(11)14-9/h3-5H,2H2,1H3. The predicted octanol–water partition coefficient (Wildman–Crippen LogP) is 4.67. The molecular formula is C10H8BrIOS. The van der Waals surface area contributed by atoms with Crippen LogP contribution >= 0.6 is 49.9 Å². The lowest BCUT2D eigenvalue weighted by Gasteiger charge is -2.04. The van der Waals surface area contributed by atoms with Gasteiger partial charge in [-0.3, -0.25) is 0 Å². The fourth-order valence-electron chi connectivity index (χ4n) is 1.32. The van der Waals surface area contributed by atoms with Crippen molar-refractivity contribution in [3.05, 3.63) is 25.6 Å². The van der Waals surface area contributed by atoms with Gasteiger partial charge in [-0.05, 0) is 63.6 Å². The van der Waals surface area contributed by atoms with E-state index < -0.39 is 0 Å². The Labute approximate surface area is 109 Å². The molecule has 0 amide bonds. The number of hydrogen-bond acceptors (Lipinski definition) is 2. The van der Waals surface area contributed by atoms with Crippen LogP contribution in [-0.2, 0) is 0 Å². The van der Waals surface area contributed by atoms with Gasteiger partial charge in [0, 0.05) is 13.7 Å². The molecule has 0 saturated carbocycles. The number of thiophene rings is 1. The first-order chi connectivity index (χ1) is 6.70. The zero-order valence-corrected chi connectivity index (χ0v) is 12.1. The molecule has 74 valence electrons. The Hall–Kier alpha value is 0.190. The van der Waals surface area contributed by atoms with Crippen molar-refractivity contribution in [2.45, 2.75) is 6.92 Å². The van der Waals surface area contributed by atoms with E-state index in [0.29, 0.717) is 6.61 Å². The van der Waals surface area contributed by atoms with Crippen LogP contribution in [0.25, 0.3) is 10.1 Å². The topological polar surface area (TPSA) is 9.23 Å². The molecule has 0 fully saturated rings. The summed E-state index contributed by atoms with van der Waals surface area (Å²) in [6, 6.07) is 6.36. The van der Waals surface area contributed by atoms with Gasteiger partial charge in [0.15, 0.2) is 0 Å². The third-order valence-corrected chi connectivity index (χ3v) is 4.04. The molecule has 0 saturated heterocycles. The maximum absolute atomic E-state index is 5.59. The van der Waals surface area contributed by atoms with Crippen molar-refractivity contribution in [3.8, 4) is 5.75 Å². The maximum Gasteiger partial charge on any atom is 0.129 e. The van der Waals surface area contributed by atoms with E-state index in [1.807, 2.05) is 6.92 Å². The quantitative estimate of drug-likeness (QED) is 0.686. The van der Waals surface area contributed by atoms with Crippen LogP contribution in [0.5, 0.6) is 5.75 Å². The molecule has 2 rings (SSSR count). The molecule has 1 aromatic heterocycles. The van der Waals surface area contributed by atoms with Crippen molar-refractivity contribution in [1.29, 1.82) is 0 Å². The van der Waals surface area contributed by atoms with E-state index in [0.717, 1.165) is 9.54 Å². The van der Waals surface area contributed by atoms with Crippen LogP contribution < -0.4 is 4.74 Å². The molecule has 0 N–H and O–H groups in total. The summed E-state index contributed by atoms with van der Waals surface area (Å²) in [6.45, 7) is 2.72. The molecule has 4 heteroatoms. The Morgan fingerprint density at radius 1 is 1.43 bits per heavy atom. The fraction of sp³-hybridized carbons (Fsp3) is 0.200. The second-order valence-corrected chi connectivity index (χ2v) is 6.51. The van der Waals surface area contributed by atoms with Gasteiger partial charge in [0.05, 0.1) is 10.4 Å². The SMILES string of the molecule is CCOc1cc(I)cc2sc(Br)cc12. The first-order valence-electron chi connectivity index (χ1n) is 4.22. The fourth-order valence-corrected chi connectivity index (χ4v) is 3.72. The molecule has 0 aliphatic heterocycles. The minimum Gasteiger partial charge on any atom is -0.493 e. The lowest BCUT2D eigenvalue weighted by atomic mass is 10.2. The van der Waals surface area contributed by atoms with Gasteiger partial charge in [-0.2, -0.15) is 0 Å². The van der Waals surface area contributed by atoms with Crippen molar-refractivity contribution in [2.24, 2.45) is 0 Å². The van der Waals surface area contributed by atoms with E-state index in [1.54, 1.807) is 11.3 Å². The molecule has 0 radical (unpaired) electrons. The molecule has 0 atom stereocenters. The summed E-state index contributed by atoms with van der Waals surface area (Å²) in [5, 5.41) is 1.20. The normalized spacial score (nSPS) is 10.8. The van der Waals surface area contributed by atoms with E-state index >= 15 is 0 Å². The molecule has 1 aromatic carbocycles. The zero-order valence-electron chi connectivity index (χ0n) is 7.51. The lowest BCUT2D eigenvalue weighted by molar-refractivity contribution is 0.344. The van der Waals surface area contributed by atoms with Gasteiger partial charge in [-0.1, -0.05) is 0 Å². The molecule has 2 aromatic rings. The molecule has 0 bridgehead atoms. The third-order valence-electron chi connectivity index (χ3n) is 1.83. The van der Waals surface area contributed by atoms with Crippen LogP contribution in [0.2, 0.25) is 0 Å². The van der Waals surface area contributed by atoms with Crippen molar-refractivity contribution in [3.63, 3.8) is 0 Å². The molecule has 1 nitrogen and oxygen atoms in total. The van der Waals surface area contributed by atoms with Gasteiger partial charge in [0.1, 0.15) is 5.75 Å². The van der Waals surface area contributed by atoms with Crippen molar-refractivity contribution >= 4 is 59.9 Å². The van der Waals surface area contributed by atoms with Crippen LogP contribution in [-0.4, -0.2) is 6.61 Å². The molecular weight excluding hydrogens is 375 g/mol. The summed E-state index contributed by atoms with van der Waals surface area (Å²) in [5.74, 6) is 0.983. The summed E-state index contributed by atoms with van der Waals surface area (Å²) in [4.78, 5) is 0. The number of halogens is 2. The van der Waals surface area contributed by atoms with Gasteiger partial charge in [0.2, 0.25) is 0 Å². The van der Waals surface area contributed by atoms with Crippen molar-refractivity contribution in [1.82, 2.24) is 0 Å². The zero-order chi connectivity index (χ0) is 10.1. The van der Waals surface area contributed by atoms with Crippen LogP contribution in [0.3, 0.4) is 0 Å². The summed E-state index contributed by atoms with van der Waals surface area (Å²) in [7, 11) is 0. The van der Waals surface area contributed by atoms with Crippen molar-refractivity contribution in [2.75, 3.05) is 6.61 Å². The molecule has 0 aliphatic rings. The average Bonchev–Trinajstić information content (AvgIpc) is 2.45. The minimum atomic E-state index is 0.711. The highest BCUT2D eigenvalue weighted by Crippen LogP contribution is 2.36. The summed E-state index contributed by atoms with van der Waals surface area (Å²) in [6.07, 6.45) is 0. The summed E-state index contributed by atoms with van der Waals surface area (Å²) >= 11 is 7.55. The molecule has 0 spiro atoms. The highest BCUT2D eigenvalue weighted by Gasteiger charge is 2.07. The molecule has 0 unspecified atom stereocenters. The number of benzene rings is 1. The third kappa shape index (κ3) is 2.06. The Bertz CT molecular complexity index is 466. The number of ether oxygens (including phenoxy) is 1. The van der Waals surface area contributed by atoms with Crippen LogP contribution in [0, 0.1) is 3.57 Å². The Balaban J connectivity index is 2.66. The van der Waals surface area contributed by atoms with Crippen LogP contribution in [0.4, 0.5) is 0 Å². The number of hydrogen-bond donors (Lipinski definition) is 0. The highest BCUT2D eigenvalue weighted by atomic mass is 127. The molecule has 1 heterocycles. The van der Waals surface area contributed by atoms with E-state index in [4.69, 9.17) is 4.74 Å². The van der Waals surface area contributed by atoms with Crippen molar-refractivity contribution < 1.29 is 4.74 Å². The second-order valence-electron chi connectivity index (χ2n) is 2.80. The lowest BCUT2D eigenvalue weighted by Crippen LogP contribution is -1.91. The Morgan fingerprint density at radius 3 is 2.93 bits per heavy atom. The minimum absolute atomic E-state index is 0.711. The van der Waals surface area contributed by atoms with E-state index in [9.17, 15) is 0 Å². The monoisotopic (exact) mass is 382 g/mol. The van der Waals surface area contributed by atoms with Gasteiger partial charge in [-0.25, -0.2) is 0 Å². The van der Waals surface area contributed by atoms with E-state index in [1.165, 1.54) is 13.7 Å². The smallest absolute Gasteiger partial charge is 0.129 e. The molecule has 14 heavy (non-hydrogen) atoms. The van der Waals surface area contributed by atoms with E-state index in [-0.39, 0.29) is 0 Å². The van der Waals surface area contributed by atoms with Gasteiger partial charge >= 0.3 is 0 Å². The number of fused-ring (bicyclic) bond motifs is 1. The maximum atomic E-state index is 5.59. The summed E-state index contributed by atoms with van der Waals surface area (Å²) in [5.41, 5.74) is 0. The van der Waals surface area contributed by atoms with Crippen LogP contribution in [0.1, 0.15) is 6.92 Å². The highest BCUT2D eigenvalue weighted by molar-refractivity contribution is 14.1.